The van der Waals surface area contributed by atoms with Crippen molar-refractivity contribution in [2.75, 3.05) is 30.4 Å². The summed E-state index contributed by atoms with van der Waals surface area (Å²) in [4.78, 5) is 20.3. The molecule has 4 aromatic rings. The number of benzene rings is 2. The third-order valence-corrected chi connectivity index (χ3v) is 7.08. The number of nitrogens with zero attached hydrogens (tertiary/aromatic N) is 4. The first kappa shape index (κ1) is 21.9. The van der Waals surface area contributed by atoms with E-state index >= 15 is 0 Å². The first-order valence-corrected chi connectivity index (χ1v) is 11.9. The molecule has 172 valence electrons. The zero-order valence-electron chi connectivity index (χ0n) is 18.8. The van der Waals surface area contributed by atoms with Crippen LogP contribution in [0.3, 0.4) is 0 Å². The second-order valence-corrected chi connectivity index (χ2v) is 9.89. The topological polar surface area (TPSA) is 84.3 Å². The quantitative estimate of drug-likeness (QED) is 0.449. The molecule has 2 atom stereocenters. The number of anilines is 2. The predicted octanol–water partition coefficient (Wildman–Crippen LogP) is 4.28. The maximum absolute atomic E-state index is 13.3. The van der Waals surface area contributed by atoms with E-state index < -0.39 is 0 Å². The fourth-order valence-electron chi connectivity index (χ4n) is 4.50. The molecule has 1 amide bonds. The molecule has 1 fully saturated rings. The van der Waals surface area contributed by atoms with Gasteiger partial charge in [0, 0.05) is 49.5 Å². The van der Waals surface area contributed by atoms with E-state index in [-0.39, 0.29) is 5.91 Å². The third kappa shape index (κ3) is 4.12. The monoisotopic (exact) mass is 484 g/mol. The van der Waals surface area contributed by atoms with Crippen LogP contribution in [0.2, 0.25) is 5.02 Å². The molecule has 1 saturated heterocycles. The lowest BCUT2D eigenvalue weighted by molar-refractivity contribution is 0.102. The highest BCUT2D eigenvalue weighted by atomic mass is 35.5. The number of piperazine rings is 1. The van der Waals surface area contributed by atoms with Crippen molar-refractivity contribution in [2.24, 2.45) is 7.05 Å². The molecule has 0 aliphatic carbocycles. The summed E-state index contributed by atoms with van der Waals surface area (Å²) in [6.45, 7) is 6.13. The molecule has 0 bridgehead atoms. The van der Waals surface area contributed by atoms with E-state index in [0.29, 0.717) is 44.6 Å². The van der Waals surface area contributed by atoms with E-state index in [2.05, 4.69) is 39.5 Å². The third-order valence-electron chi connectivity index (χ3n) is 5.76. The Kier molecular flexibility index (Phi) is 5.64. The smallest absolute Gasteiger partial charge is 0.274 e. The summed E-state index contributed by atoms with van der Waals surface area (Å²) in [6, 6.07) is 8.17. The SMILES string of the molecule is COc1nc2c(C(=O)Nc3cc(Cl)c4nn(C)cc4c3)ccc(N3C[C@H](C)N[C@@H](C)C3)c2s1. The van der Waals surface area contributed by atoms with Gasteiger partial charge in [0.25, 0.3) is 11.1 Å². The summed E-state index contributed by atoms with van der Waals surface area (Å²) in [7, 11) is 3.43. The molecule has 1 aliphatic heterocycles. The second-order valence-electron chi connectivity index (χ2n) is 8.52. The Hall–Kier alpha value is -2.88. The van der Waals surface area contributed by atoms with Gasteiger partial charge in [-0.3, -0.25) is 9.48 Å². The predicted molar refractivity (Wildman–Crippen MR) is 134 cm³/mol. The van der Waals surface area contributed by atoms with E-state index in [1.807, 2.05) is 31.4 Å². The van der Waals surface area contributed by atoms with Crippen LogP contribution in [-0.4, -0.2) is 53.0 Å². The summed E-state index contributed by atoms with van der Waals surface area (Å²) in [5, 5.41) is 12.8. The lowest BCUT2D eigenvalue weighted by Gasteiger charge is -2.37. The fraction of sp³-hybridized carbons (Fsp3) is 0.348. The van der Waals surface area contributed by atoms with Gasteiger partial charge in [-0.05, 0) is 38.1 Å². The van der Waals surface area contributed by atoms with Crippen molar-refractivity contribution >= 4 is 61.3 Å². The maximum atomic E-state index is 13.3. The van der Waals surface area contributed by atoms with Crippen LogP contribution < -0.4 is 20.3 Å². The van der Waals surface area contributed by atoms with Gasteiger partial charge in [-0.2, -0.15) is 5.10 Å². The van der Waals surface area contributed by atoms with Gasteiger partial charge in [-0.25, -0.2) is 4.98 Å². The number of carbonyl (C=O) groups is 1. The van der Waals surface area contributed by atoms with Gasteiger partial charge >= 0.3 is 0 Å². The van der Waals surface area contributed by atoms with Crippen LogP contribution in [0.25, 0.3) is 21.1 Å². The van der Waals surface area contributed by atoms with Crippen LogP contribution in [0.4, 0.5) is 11.4 Å². The highest BCUT2D eigenvalue weighted by Crippen LogP contribution is 2.38. The average Bonchev–Trinajstić information content (AvgIpc) is 3.35. The van der Waals surface area contributed by atoms with Gasteiger partial charge in [0.05, 0.1) is 28.1 Å². The molecule has 3 heterocycles. The van der Waals surface area contributed by atoms with Gasteiger partial charge < -0.3 is 20.3 Å². The number of amides is 1. The summed E-state index contributed by atoms with van der Waals surface area (Å²) in [6.07, 6.45) is 1.87. The number of ether oxygens (including phenoxy) is 1. The largest absolute Gasteiger partial charge is 0.473 e. The van der Waals surface area contributed by atoms with Crippen molar-refractivity contribution in [3.05, 3.63) is 41.0 Å². The number of thiazole rings is 1. The molecule has 0 saturated carbocycles. The van der Waals surface area contributed by atoms with Gasteiger partial charge in [0.2, 0.25) is 0 Å². The average molecular weight is 485 g/mol. The highest BCUT2D eigenvalue weighted by molar-refractivity contribution is 7.21. The van der Waals surface area contributed by atoms with Gasteiger partial charge in [0.15, 0.2) is 0 Å². The van der Waals surface area contributed by atoms with Crippen LogP contribution in [0.15, 0.2) is 30.5 Å². The fourth-order valence-corrected chi connectivity index (χ4v) is 5.71. The number of halogens is 1. The zero-order valence-corrected chi connectivity index (χ0v) is 20.4. The number of aryl methyl sites for hydroxylation is 1. The first-order valence-electron chi connectivity index (χ1n) is 10.7. The second kappa shape index (κ2) is 8.48. The molecular formula is C23H25ClN6O2S. The molecule has 0 spiro atoms. The number of nitrogens with one attached hydrogen (secondary N) is 2. The summed E-state index contributed by atoms with van der Waals surface area (Å²) in [5.41, 5.74) is 3.51. The lowest BCUT2D eigenvalue weighted by atomic mass is 10.1. The Morgan fingerprint density at radius 3 is 2.73 bits per heavy atom. The first-order chi connectivity index (χ1) is 15.8. The highest BCUT2D eigenvalue weighted by Gasteiger charge is 2.26. The van der Waals surface area contributed by atoms with Crippen LogP contribution in [0, 0.1) is 0 Å². The standard InChI is InChI=1S/C23H25ClN6O2S/c1-12-9-30(10-13(2)25-12)18-6-5-16(20-21(18)33-23(27-20)32-4)22(31)26-15-7-14-11-29(3)28-19(14)17(24)8-15/h5-8,11-13,25H,9-10H2,1-4H3,(H,26,31)/t12-,13-/m0/s1. The zero-order chi connectivity index (χ0) is 23.3. The molecule has 2 aromatic carbocycles. The molecule has 0 radical (unpaired) electrons. The Bertz CT molecular complexity index is 1360. The minimum absolute atomic E-state index is 0.249. The van der Waals surface area contributed by atoms with Crippen molar-refractivity contribution in [3.8, 4) is 5.19 Å². The molecule has 10 heteroatoms. The minimum Gasteiger partial charge on any atom is -0.473 e. The Morgan fingerprint density at radius 1 is 1.24 bits per heavy atom. The number of aromatic nitrogens is 3. The maximum Gasteiger partial charge on any atom is 0.274 e. The van der Waals surface area contributed by atoms with Crippen molar-refractivity contribution in [3.63, 3.8) is 0 Å². The van der Waals surface area contributed by atoms with E-state index in [9.17, 15) is 4.79 Å². The number of hydrogen-bond donors (Lipinski definition) is 2. The van der Waals surface area contributed by atoms with E-state index in [0.717, 1.165) is 28.9 Å². The summed E-state index contributed by atoms with van der Waals surface area (Å²) < 4.78 is 8.07. The van der Waals surface area contributed by atoms with Crippen LogP contribution in [-0.2, 0) is 7.05 Å². The van der Waals surface area contributed by atoms with Crippen molar-refractivity contribution in [1.82, 2.24) is 20.1 Å². The van der Waals surface area contributed by atoms with Crippen LogP contribution in [0.1, 0.15) is 24.2 Å². The molecule has 2 N–H and O–H groups in total. The van der Waals surface area contributed by atoms with Crippen molar-refractivity contribution in [2.45, 2.75) is 25.9 Å². The number of rotatable bonds is 4. The molecule has 1 aliphatic rings. The van der Waals surface area contributed by atoms with Crippen LogP contribution in [0.5, 0.6) is 5.19 Å². The normalized spacial score (nSPS) is 18.8. The van der Waals surface area contributed by atoms with Crippen LogP contribution >= 0.6 is 22.9 Å². The molecule has 5 rings (SSSR count). The van der Waals surface area contributed by atoms with Crippen molar-refractivity contribution < 1.29 is 9.53 Å². The molecule has 0 unspecified atom stereocenters. The molecule has 33 heavy (non-hydrogen) atoms. The summed E-state index contributed by atoms with van der Waals surface area (Å²) >= 11 is 7.84. The lowest BCUT2D eigenvalue weighted by Crippen LogP contribution is -2.54. The van der Waals surface area contributed by atoms with Gasteiger partial charge in [-0.15, -0.1) is 0 Å². The van der Waals surface area contributed by atoms with E-state index in [1.165, 1.54) is 11.3 Å². The molecular weight excluding hydrogens is 460 g/mol. The van der Waals surface area contributed by atoms with Gasteiger partial charge in [0.1, 0.15) is 11.0 Å². The van der Waals surface area contributed by atoms with Gasteiger partial charge in [-0.1, -0.05) is 22.9 Å². The molecule has 2 aromatic heterocycles. The Balaban J connectivity index is 1.52. The van der Waals surface area contributed by atoms with E-state index in [1.54, 1.807) is 17.9 Å². The van der Waals surface area contributed by atoms with Crippen molar-refractivity contribution in [1.29, 1.82) is 0 Å². The number of carbonyl (C=O) groups excluding carboxylic acids is 1. The number of hydrogen-bond acceptors (Lipinski definition) is 7. The number of methoxy groups -OCH3 is 1. The number of fused-ring (bicyclic) bond motifs is 2. The summed E-state index contributed by atoms with van der Waals surface area (Å²) in [5.74, 6) is -0.249. The minimum atomic E-state index is -0.249. The van der Waals surface area contributed by atoms with E-state index in [4.69, 9.17) is 16.3 Å². The Morgan fingerprint density at radius 2 is 2.00 bits per heavy atom. The molecule has 8 nitrogen and oxygen atoms in total. The Labute approximate surface area is 200 Å².